The summed E-state index contributed by atoms with van der Waals surface area (Å²) in [4.78, 5) is 48.6. The van der Waals surface area contributed by atoms with E-state index in [-0.39, 0.29) is 5.82 Å². The summed E-state index contributed by atoms with van der Waals surface area (Å²) < 4.78 is 0. The predicted molar refractivity (Wildman–Crippen MR) is 69.6 cm³/mol. The van der Waals surface area contributed by atoms with Crippen LogP contribution >= 0.6 is 0 Å². The molecule has 4 amide bonds. The van der Waals surface area contributed by atoms with E-state index < -0.39 is 23.6 Å². The summed E-state index contributed by atoms with van der Waals surface area (Å²) in [5, 5.41) is 0. The standard InChI is InChI=1S/C14H14N2O4/c1-2-3-4-5-10(15-11(17)6-7-12(15)18)16-13(19)8-9-14(16)20/h5-9H,2-4H2,1H3. The third-order valence-electron chi connectivity index (χ3n) is 2.96. The van der Waals surface area contributed by atoms with Gasteiger partial charge in [0.15, 0.2) is 0 Å². The molecule has 0 atom stereocenters. The highest BCUT2D eigenvalue weighted by atomic mass is 16.2. The van der Waals surface area contributed by atoms with Crippen molar-refractivity contribution < 1.29 is 19.2 Å². The Morgan fingerprint density at radius 2 is 1.30 bits per heavy atom. The smallest absolute Gasteiger partial charge is 0.259 e. The van der Waals surface area contributed by atoms with Crippen LogP contribution in [-0.2, 0) is 19.2 Å². The van der Waals surface area contributed by atoms with Gasteiger partial charge < -0.3 is 0 Å². The predicted octanol–water partition coefficient (Wildman–Crippen LogP) is 0.868. The first-order chi connectivity index (χ1) is 9.56. The highest BCUT2D eigenvalue weighted by Gasteiger charge is 2.36. The van der Waals surface area contributed by atoms with Crippen LogP contribution in [0.25, 0.3) is 0 Å². The fraction of sp³-hybridized carbons (Fsp3) is 0.286. The van der Waals surface area contributed by atoms with Gasteiger partial charge in [-0.3, -0.25) is 19.2 Å². The number of nitrogens with zero attached hydrogens (tertiary/aromatic N) is 2. The summed E-state index contributed by atoms with van der Waals surface area (Å²) >= 11 is 0. The third kappa shape index (κ3) is 2.45. The first-order valence-corrected chi connectivity index (χ1v) is 6.38. The van der Waals surface area contributed by atoms with Crippen molar-refractivity contribution in [1.82, 2.24) is 9.80 Å². The van der Waals surface area contributed by atoms with E-state index in [1.54, 1.807) is 6.08 Å². The Hall–Kier alpha value is -2.50. The summed E-state index contributed by atoms with van der Waals surface area (Å²) in [5.41, 5.74) is 0. The van der Waals surface area contributed by atoms with Crippen LogP contribution in [0.1, 0.15) is 26.2 Å². The van der Waals surface area contributed by atoms with Crippen LogP contribution in [0.4, 0.5) is 0 Å². The lowest BCUT2D eigenvalue weighted by atomic mass is 10.2. The Morgan fingerprint density at radius 3 is 1.65 bits per heavy atom. The quantitative estimate of drug-likeness (QED) is 0.550. The molecule has 2 heterocycles. The molecule has 0 aromatic heterocycles. The van der Waals surface area contributed by atoms with E-state index in [9.17, 15) is 19.2 Å². The zero-order valence-electron chi connectivity index (χ0n) is 11.0. The Kier molecular flexibility index (Phi) is 3.93. The van der Waals surface area contributed by atoms with E-state index in [2.05, 4.69) is 0 Å². The molecule has 0 saturated heterocycles. The lowest BCUT2D eigenvalue weighted by Gasteiger charge is -2.24. The van der Waals surface area contributed by atoms with Gasteiger partial charge in [0.2, 0.25) is 0 Å². The van der Waals surface area contributed by atoms with E-state index in [1.807, 2.05) is 6.92 Å². The van der Waals surface area contributed by atoms with Crippen LogP contribution in [0.5, 0.6) is 0 Å². The topological polar surface area (TPSA) is 74.8 Å². The SMILES string of the molecule is CCCCC=C(N1C(=O)C=CC1=O)N1C(=O)C=CC1=O. The highest BCUT2D eigenvalue weighted by molar-refractivity contribution is 6.18. The number of carbonyl (C=O) groups is 4. The number of hydrogen-bond donors (Lipinski definition) is 0. The van der Waals surface area contributed by atoms with Crippen molar-refractivity contribution >= 4 is 23.6 Å². The van der Waals surface area contributed by atoms with Gasteiger partial charge in [0.25, 0.3) is 23.6 Å². The number of imide groups is 2. The first-order valence-electron chi connectivity index (χ1n) is 6.38. The molecule has 0 aliphatic carbocycles. The molecule has 0 radical (unpaired) electrons. The largest absolute Gasteiger partial charge is 0.269 e. The second kappa shape index (κ2) is 5.64. The molecule has 2 rings (SSSR count). The minimum Gasteiger partial charge on any atom is -0.269 e. The summed E-state index contributed by atoms with van der Waals surface area (Å²) in [6, 6.07) is 0. The third-order valence-corrected chi connectivity index (χ3v) is 2.96. The lowest BCUT2D eigenvalue weighted by Crippen LogP contribution is -2.42. The number of amides is 4. The highest BCUT2D eigenvalue weighted by Crippen LogP contribution is 2.21. The second-order valence-corrected chi connectivity index (χ2v) is 4.39. The van der Waals surface area contributed by atoms with Crippen molar-refractivity contribution in [2.75, 3.05) is 0 Å². The van der Waals surface area contributed by atoms with Gasteiger partial charge in [-0.1, -0.05) is 13.3 Å². The maximum absolute atomic E-state index is 11.7. The average Bonchev–Trinajstić information content (AvgIpc) is 2.91. The molecule has 104 valence electrons. The van der Waals surface area contributed by atoms with Crippen LogP contribution in [0.3, 0.4) is 0 Å². The van der Waals surface area contributed by atoms with Gasteiger partial charge in [0, 0.05) is 24.3 Å². The van der Waals surface area contributed by atoms with Crippen LogP contribution in [-0.4, -0.2) is 33.4 Å². The van der Waals surface area contributed by atoms with E-state index in [0.717, 1.165) is 46.9 Å². The molecule has 2 aliphatic heterocycles. The number of rotatable bonds is 5. The molecule has 20 heavy (non-hydrogen) atoms. The normalized spacial score (nSPS) is 17.6. The zero-order valence-corrected chi connectivity index (χ0v) is 11.0. The Morgan fingerprint density at radius 1 is 0.900 bits per heavy atom. The van der Waals surface area contributed by atoms with Crippen molar-refractivity contribution in [3.63, 3.8) is 0 Å². The summed E-state index contributed by atoms with van der Waals surface area (Å²) in [7, 11) is 0. The van der Waals surface area contributed by atoms with E-state index in [0.29, 0.717) is 6.42 Å². The van der Waals surface area contributed by atoms with Crippen LogP contribution in [0.2, 0.25) is 0 Å². The van der Waals surface area contributed by atoms with Gasteiger partial charge in [-0.25, -0.2) is 9.80 Å². The van der Waals surface area contributed by atoms with Crippen molar-refractivity contribution in [2.45, 2.75) is 26.2 Å². The average molecular weight is 274 g/mol. The Labute approximate surface area is 116 Å². The molecule has 0 saturated carbocycles. The molecular weight excluding hydrogens is 260 g/mol. The monoisotopic (exact) mass is 274 g/mol. The van der Waals surface area contributed by atoms with Crippen LogP contribution < -0.4 is 0 Å². The van der Waals surface area contributed by atoms with E-state index >= 15 is 0 Å². The minimum absolute atomic E-state index is 0.0263. The fourth-order valence-electron chi connectivity index (χ4n) is 1.97. The number of carbonyl (C=O) groups excluding carboxylic acids is 4. The lowest BCUT2D eigenvalue weighted by molar-refractivity contribution is -0.140. The van der Waals surface area contributed by atoms with Gasteiger partial charge >= 0.3 is 0 Å². The van der Waals surface area contributed by atoms with Gasteiger partial charge in [0.1, 0.15) is 5.82 Å². The second-order valence-electron chi connectivity index (χ2n) is 4.39. The molecule has 0 N–H and O–H groups in total. The summed E-state index contributed by atoms with van der Waals surface area (Å²) in [5.74, 6) is -2.18. The van der Waals surface area contributed by atoms with Crippen molar-refractivity contribution in [2.24, 2.45) is 0 Å². The van der Waals surface area contributed by atoms with Gasteiger partial charge in [0.05, 0.1) is 0 Å². The molecule has 2 aliphatic rings. The number of allylic oxidation sites excluding steroid dienone is 1. The molecular formula is C14H14N2O4. The molecule has 6 nitrogen and oxygen atoms in total. The molecule has 0 bridgehead atoms. The van der Waals surface area contributed by atoms with Crippen LogP contribution in [0.15, 0.2) is 36.2 Å². The van der Waals surface area contributed by atoms with Gasteiger partial charge in [-0.15, -0.1) is 0 Å². The van der Waals surface area contributed by atoms with E-state index in [4.69, 9.17) is 0 Å². The number of hydrogen-bond acceptors (Lipinski definition) is 4. The van der Waals surface area contributed by atoms with Crippen LogP contribution in [0, 0.1) is 0 Å². The van der Waals surface area contributed by atoms with Gasteiger partial charge in [-0.05, 0) is 18.9 Å². The first kappa shape index (κ1) is 13.9. The molecule has 0 aromatic carbocycles. The summed E-state index contributed by atoms with van der Waals surface area (Å²) in [6.07, 6.45) is 8.38. The maximum atomic E-state index is 11.7. The Bertz CT molecular complexity index is 492. The minimum atomic E-state index is -0.551. The zero-order chi connectivity index (χ0) is 14.7. The van der Waals surface area contributed by atoms with Crippen molar-refractivity contribution in [1.29, 1.82) is 0 Å². The molecule has 0 unspecified atom stereocenters. The van der Waals surface area contributed by atoms with Gasteiger partial charge in [-0.2, -0.15) is 0 Å². The molecule has 0 aromatic rings. The Balaban J connectivity index is 2.33. The molecule has 0 spiro atoms. The summed E-state index contributed by atoms with van der Waals surface area (Å²) in [6.45, 7) is 1.99. The molecule has 0 fully saturated rings. The van der Waals surface area contributed by atoms with Crippen molar-refractivity contribution in [3.05, 3.63) is 36.2 Å². The van der Waals surface area contributed by atoms with E-state index in [1.165, 1.54) is 0 Å². The fourth-order valence-corrected chi connectivity index (χ4v) is 1.97. The molecule has 6 heteroatoms. The van der Waals surface area contributed by atoms with Crippen molar-refractivity contribution in [3.8, 4) is 0 Å². The maximum Gasteiger partial charge on any atom is 0.259 e. The number of unbranched alkanes of at least 4 members (excludes halogenated alkanes) is 2.